The van der Waals surface area contributed by atoms with Gasteiger partial charge in [0, 0.05) is 26.2 Å². The van der Waals surface area contributed by atoms with Crippen LogP contribution in [0.25, 0.3) is 0 Å². The largest absolute Gasteiger partial charge is 0.481 e. The molecule has 0 saturated carbocycles. The summed E-state index contributed by atoms with van der Waals surface area (Å²) in [5.41, 5.74) is 1.25. The lowest BCUT2D eigenvalue weighted by Gasteiger charge is -2.36. The van der Waals surface area contributed by atoms with Gasteiger partial charge in [0.2, 0.25) is 0 Å². The Hall–Kier alpha value is -2.34. The standard InChI is InChI=1S/C19H23ClN4O2/c1-3-15-4-6-16(7-5-15)26-14(2)19(25)24-10-8-23(9-11-24)18-17(20)12-21-13-22-18/h4-7,12-14H,3,8-11H2,1-2H3. The Morgan fingerprint density at radius 2 is 1.92 bits per heavy atom. The highest BCUT2D eigenvalue weighted by molar-refractivity contribution is 6.32. The molecule has 0 spiro atoms. The molecule has 1 aliphatic heterocycles. The van der Waals surface area contributed by atoms with Gasteiger partial charge in [-0.15, -0.1) is 0 Å². The van der Waals surface area contributed by atoms with Gasteiger partial charge in [0.25, 0.3) is 5.91 Å². The predicted octanol–water partition coefficient (Wildman–Crippen LogP) is 2.81. The highest BCUT2D eigenvalue weighted by Gasteiger charge is 2.27. The van der Waals surface area contributed by atoms with Gasteiger partial charge in [-0.05, 0) is 31.0 Å². The van der Waals surface area contributed by atoms with Crippen molar-refractivity contribution in [2.45, 2.75) is 26.4 Å². The highest BCUT2D eigenvalue weighted by atomic mass is 35.5. The Labute approximate surface area is 158 Å². The lowest BCUT2D eigenvalue weighted by atomic mass is 10.2. The van der Waals surface area contributed by atoms with Crippen molar-refractivity contribution in [3.63, 3.8) is 0 Å². The maximum absolute atomic E-state index is 12.7. The van der Waals surface area contributed by atoms with Crippen molar-refractivity contribution in [3.05, 3.63) is 47.4 Å². The third-order valence-corrected chi connectivity index (χ3v) is 4.80. The molecule has 1 aromatic heterocycles. The summed E-state index contributed by atoms with van der Waals surface area (Å²) in [6.07, 6.45) is 3.53. The van der Waals surface area contributed by atoms with Crippen molar-refractivity contribution in [3.8, 4) is 5.75 Å². The molecule has 1 amide bonds. The lowest BCUT2D eigenvalue weighted by molar-refractivity contribution is -0.138. The monoisotopic (exact) mass is 374 g/mol. The second-order valence-electron chi connectivity index (χ2n) is 6.26. The van der Waals surface area contributed by atoms with Crippen LogP contribution in [0, 0.1) is 0 Å². The molecule has 1 aromatic carbocycles. The van der Waals surface area contributed by atoms with Gasteiger partial charge in [0.05, 0.1) is 6.20 Å². The van der Waals surface area contributed by atoms with Crippen molar-refractivity contribution in [1.29, 1.82) is 0 Å². The predicted molar refractivity (Wildman–Crippen MR) is 102 cm³/mol. The van der Waals surface area contributed by atoms with E-state index in [9.17, 15) is 4.79 Å². The highest BCUT2D eigenvalue weighted by Crippen LogP contribution is 2.23. The number of hydrogen-bond donors (Lipinski definition) is 0. The van der Waals surface area contributed by atoms with Crippen LogP contribution in [-0.2, 0) is 11.2 Å². The van der Waals surface area contributed by atoms with E-state index < -0.39 is 6.10 Å². The second kappa shape index (κ2) is 8.36. The molecule has 138 valence electrons. The molecule has 2 aromatic rings. The Balaban J connectivity index is 1.55. The summed E-state index contributed by atoms with van der Waals surface area (Å²) in [4.78, 5) is 24.7. The molecule has 0 bridgehead atoms. The van der Waals surface area contributed by atoms with Crippen molar-refractivity contribution in [1.82, 2.24) is 14.9 Å². The number of rotatable bonds is 5. The van der Waals surface area contributed by atoms with Gasteiger partial charge >= 0.3 is 0 Å². The maximum atomic E-state index is 12.7. The number of aromatic nitrogens is 2. The average molecular weight is 375 g/mol. The second-order valence-corrected chi connectivity index (χ2v) is 6.67. The first kappa shape index (κ1) is 18.5. The summed E-state index contributed by atoms with van der Waals surface area (Å²) in [7, 11) is 0. The van der Waals surface area contributed by atoms with E-state index in [4.69, 9.17) is 16.3 Å². The number of nitrogens with zero attached hydrogens (tertiary/aromatic N) is 4. The van der Waals surface area contributed by atoms with Crippen LogP contribution in [0.15, 0.2) is 36.8 Å². The molecule has 0 aliphatic carbocycles. The molecule has 2 heterocycles. The van der Waals surface area contributed by atoms with Crippen molar-refractivity contribution >= 4 is 23.3 Å². The number of ether oxygens (including phenoxy) is 1. The summed E-state index contributed by atoms with van der Waals surface area (Å²) in [5, 5.41) is 0.527. The molecular weight excluding hydrogens is 352 g/mol. The smallest absolute Gasteiger partial charge is 0.263 e. The van der Waals surface area contributed by atoms with E-state index in [2.05, 4.69) is 21.8 Å². The molecule has 3 rings (SSSR count). The molecule has 1 fully saturated rings. The Kier molecular flexibility index (Phi) is 5.93. The van der Waals surface area contributed by atoms with Gasteiger partial charge < -0.3 is 14.5 Å². The summed E-state index contributed by atoms with van der Waals surface area (Å²) >= 11 is 6.15. The van der Waals surface area contributed by atoms with E-state index in [1.54, 1.807) is 13.1 Å². The van der Waals surface area contributed by atoms with Gasteiger partial charge in [-0.25, -0.2) is 9.97 Å². The van der Waals surface area contributed by atoms with Crippen LogP contribution >= 0.6 is 11.6 Å². The van der Waals surface area contributed by atoms with Gasteiger partial charge in [-0.3, -0.25) is 4.79 Å². The zero-order chi connectivity index (χ0) is 18.5. The molecule has 26 heavy (non-hydrogen) atoms. The zero-order valence-corrected chi connectivity index (χ0v) is 15.8. The van der Waals surface area contributed by atoms with E-state index in [1.807, 2.05) is 29.2 Å². The molecule has 1 unspecified atom stereocenters. The summed E-state index contributed by atoms with van der Waals surface area (Å²) in [6, 6.07) is 7.88. The summed E-state index contributed by atoms with van der Waals surface area (Å²) in [6.45, 7) is 6.49. The number of aryl methyl sites for hydroxylation is 1. The molecule has 0 radical (unpaired) electrons. The van der Waals surface area contributed by atoms with Crippen LogP contribution in [0.4, 0.5) is 5.82 Å². The quantitative estimate of drug-likeness (QED) is 0.805. The third kappa shape index (κ3) is 4.25. The molecule has 7 heteroatoms. The van der Waals surface area contributed by atoms with E-state index >= 15 is 0 Å². The fourth-order valence-corrected chi connectivity index (χ4v) is 3.22. The topological polar surface area (TPSA) is 58.6 Å². The van der Waals surface area contributed by atoms with Crippen molar-refractivity contribution in [2.75, 3.05) is 31.1 Å². The summed E-state index contributed by atoms with van der Waals surface area (Å²) in [5.74, 6) is 1.43. The van der Waals surface area contributed by atoms with E-state index in [0.717, 1.165) is 12.2 Å². The molecule has 1 aliphatic rings. The van der Waals surface area contributed by atoms with Crippen molar-refractivity contribution < 1.29 is 9.53 Å². The number of piperazine rings is 1. The van der Waals surface area contributed by atoms with Crippen LogP contribution in [0.2, 0.25) is 5.02 Å². The number of halogens is 1. The fraction of sp³-hybridized carbons (Fsp3) is 0.421. The van der Waals surface area contributed by atoms with Crippen molar-refractivity contribution in [2.24, 2.45) is 0 Å². The fourth-order valence-electron chi connectivity index (χ4n) is 2.99. The zero-order valence-electron chi connectivity index (χ0n) is 15.1. The minimum atomic E-state index is -0.517. The number of anilines is 1. The van der Waals surface area contributed by atoms with Gasteiger partial charge in [-0.2, -0.15) is 0 Å². The van der Waals surface area contributed by atoms with Crippen LogP contribution < -0.4 is 9.64 Å². The minimum Gasteiger partial charge on any atom is -0.481 e. The maximum Gasteiger partial charge on any atom is 0.263 e. The normalized spacial score (nSPS) is 15.7. The van der Waals surface area contributed by atoms with Crippen LogP contribution in [0.3, 0.4) is 0 Å². The molecular formula is C19H23ClN4O2. The number of carbonyl (C=O) groups is 1. The first-order valence-corrected chi connectivity index (χ1v) is 9.21. The average Bonchev–Trinajstić information content (AvgIpc) is 2.68. The molecule has 0 N–H and O–H groups in total. The van der Waals surface area contributed by atoms with E-state index in [-0.39, 0.29) is 5.91 Å². The number of carbonyl (C=O) groups excluding carboxylic acids is 1. The number of benzene rings is 1. The van der Waals surface area contributed by atoms with E-state index in [1.165, 1.54) is 11.9 Å². The molecule has 6 nitrogen and oxygen atoms in total. The third-order valence-electron chi connectivity index (χ3n) is 4.53. The summed E-state index contributed by atoms with van der Waals surface area (Å²) < 4.78 is 5.81. The SMILES string of the molecule is CCc1ccc(OC(C)C(=O)N2CCN(c3ncncc3Cl)CC2)cc1. The number of amides is 1. The Morgan fingerprint density at radius 1 is 1.23 bits per heavy atom. The molecule has 1 atom stereocenters. The molecule has 1 saturated heterocycles. The van der Waals surface area contributed by atoms with Gasteiger partial charge in [-0.1, -0.05) is 30.7 Å². The first-order chi connectivity index (χ1) is 12.6. The lowest BCUT2D eigenvalue weighted by Crippen LogP contribution is -2.52. The minimum absolute atomic E-state index is 0.00185. The Bertz CT molecular complexity index is 745. The van der Waals surface area contributed by atoms with Crippen LogP contribution in [0.1, 0.15) is 19.4 Å². The Morgan fingerprint density at radius 3 is 2.54 bits per heavy atom. The van der Waals surface area contributed by atoms with Gasteiger partial charge in [0.1, 0.15) is 17.1 Å². The van der Waals surface area contributed by atoms with Gasteiger partial charge in [0.15, 0.2) is 11.9 Å². The van der Waals surface area contributed by atoms with Crippen LogP contribution in [0.5, 0.6) is 5.75 Å². The first-order valence-electron chi connectivity index (χ1n) is 8.83. The van der Waals surface area contributed by atoms with E-state index in [0.29, 0.717) is 37.0 Å². The number of hydrogen-bond acceptors (Lipinski definition) is 5. The van der Waals surface area contributed by atoms with Crippen LogP contribution in [-0.4, -0.2) is 53.1 Å².